The number of allylic oxidation sites excluding steroid dienone is 4. The van der Waals surface area contributed by atoms with Crippen molar-refractivity contribution in [3.63, 3.8) is 0 Å². The van der Waals surface area contributed by atoms with Crippen molar-refractivity contribution in [2.24, 2.45) is 17.4 Å². The van der Waals surface area contributed by atoms with Gasteiger partial charge in [-0.05, 0) is 12.3 Å². The fourth-order valence-electron chi connectivity index (χ4n) is 0.574. The third kappa shape index (κ3) is 1.64. The third-order valence-corrected chi connectivity index (χ3v) is 1.19. The molecule has 0 bridgehead atoms. The van der Waals surface area contributed by atoms with Gasteiger partial charge >= 0.3 is 0 Å². The lowest BCUT2D eigenvalue weighted by molar-refractivity contribution is 1.15. The molecule has 2 heteroatoms. The molecule has 2 nitrogen and oxygen atoms in total. The van der Waals surface area contributed by atoms with E-state index in [1.807, 2.05) is 18.2 Å². The zero-order valence-corrected chi connectivity index (χ0v) is 5.12. The van der Waals surface area contributed by atoms with Crippen LogP contribution in [-0.2, 0) is 0 Å². The highest BCUT2D eigenvalue weighted by atomic mass is 14.6. The van der Waals surface area contributed by atoms with Gasteiger partial charge in [-0.15, -0.1) is 0 Å². The molecule has 0 radical (unpaired) electrons. The van der Waals surface area contributed by atoms with Crippen molar-refractivity contribution in [1.29, 1.82) is 0 Å². The quantitative estimate of drug-likeness (QED) is 0.523. The summed E-state index contributed by atoms with van der Waals surface area (Å²) >= 11 is 0. The van der Waals surface area contributed by atoms with E-state index in [1.165, 1.54) is 6.20 Å². The van der Waals surface area contributed by atoms with E-state index >= 15 is 0 Å². The third-order valence-electron chi connectivity index (χ3n) is 1.19. The summed E-state index contributed by atoms with van der Waals surface area (Å²) < 4.78 is 0. The van der Waals surface area contributed by atoms with Gasteiger partial charge in [0.05, 0.1) is 0 Å². The SMILES string of the molecule is NC=CC=CC1C=C1N. The van der Waals surface area contributed by atoms with E-state index in [-0.39, 0.29) is 0 Å². The molecule has 1 rings (SSSR count). The van der Waals surface area contributed by atoms with Crippen LogP contribution in [0.15, 0.2) is 36.2 Å². The van der Waals surface area contributed by atoms with Gasteiger partial charge in [-0.1, -0.05) is 18.2 Å². The lowest BCUT2D eigenvalue weighted by Gasteiger charge is -1.80. The molecule has 0 saturated heterocycles. The van der Waals surface area contributed by atoms with Crippen LogP contribution in [0.1, 0.15) is 0 Å². The van der Waals surface area contributed by atoms with Crippen molar-refractivity contribution in [3.8, 4) is 0 Å². The molecule has 4 N–H and O–H groups in total. The maximum atomic E-state index is 5.40. The maximum Gasteiger partial charge on any atom is 0.0365 e. The lowest BCUT2D eigenvalue weighted by atomic mass is 10.3. The molecule has 9 heavy (non-hydrogen) atoms. The number of hydrogen-bond acceptors (Lipinski definition) is 2. The first-order valence-corrected chi connectivity index (χ1v) is 2.87. The second kappa shape index (κ2) is 2.40. The second-order valence-corrected chi connectivity index (χ2v) is 1.96. The number of nitrogens with two attached hydrogens (primary N) is 2. The number of hydrogen-bond donors (Lipinski definition) is 2. The van der Waals surface area contributed by atoms with E-state index < -0.39 is 0 Å². The summed E-state index contributed by atoms with van der Waals surface area (Å²) in [7, 11) is 0. The normalized spacial score (nSPS) is 25.3. The molecule has 0 amide bonds. The highest BCUT2D eigenvalue weighted by molar-refractivity contribution is 5.33. The predicted octanol–water partition coefficient (Wildman–Crippen LogP) is 0.487. The van der Waals surface area contributed by atoms with Crippen LogP contribution in [0.5, 0.6) is 0 Å². The Balaban J connectivity index is 2.20. The molecule has 0 spiro atoms. The molecule has 0 aromatic heterocycles. The van der Waals surface area contributed by atoms with E-state index in [2.05, 4.69) is 0 Å². The Morgan fingerprint density at radius 1 is 1.44 bits per heavy atom. The molecule has 1 atom stereocenters. The predicted molar refractivity (Wildman–Crippen MR) is 38.2 cm³/mol. The van der Waals surface area contributed by atoms with Crippen molar-refractivity contribution < 1.29 is 0 Å². The molecule has 0 aliphatic heterocycles. The maximum absolute atomic E-state index is 5.40. The first kappa shape index (κ1) is 5.95. The summed E-state index contributed by atoms with van der Waals surface area (Å²) in [4.78, 5) is 0. The van der Waals surface area contributed by atoms with Crippen molar-refractivity contribution in [2.75, 3.05) is 0 Å². The molecular formula is C7H10N2. The van der Waals surface area contributed by atoms with Gasteiger partial charge in [0.2, 0.25) is 0 Å². The Kier molecular flexibility index (Phi) is 1.58. The Morgan fingerprint density at radius 3 is 2.56 bits per heavy atom. The van der Waals surface area contributed by atoms with E-state index in [0.29, 0.717) is 5.92 Å². The summed E-state index contributed by atoms with van der Waals surface area (Å²) in [5.41, 5.74) is 11.4. The minimum Gasteiger partial charge on any atom is -0.405 e. The minimum atomic E-state index is 0.404. The van der Waals surface area contributed by atoms with E-state index in [1.54, 1.807) is 6.08 Å². The van der Waals surface area contributed by atoms with Gasteiger partial charge in [-0.25, -0.2) is 0 Å². The van der Waals surface area contributed by atoms with E-state index in [0.717, 1.165) is 5.70 Å². The Hall–Kier alpha value is -1.18. The highest BCUT2D eigenvalue weighted by Gasteiger charge is 2.16. The van der Waals surface area contributed by atoms with Crippen molar-refractivity contribution in [2.45, 2.75) is 0 Å². The number of rotatable bonds is 2. The van der Waals surface area contributed by atoms with Crippen LogP contribution in [0.25, 0.3) is 0 Å². The van der Waals surface area contributed by atoms with Crippen LogP contribution in [0.2, 0.25) is 0 Å². The average Bonchev–Trinajstić information content (AvgIpc) is 2.48. The molecule has 48 valence electrons. The first-order chi connectivity index (χ1) is 4.34. The van der Waals surface area contributed by atoms with Crippen LogP contribution in [0, 0.1) is 5.92 Å². The van der Waals surface area contributed by atoms with Gasteiger partial charge in [-0.2, -0.15) is 0 Å². The zero-order valence-electron chi connectivity index (χ0n) is 5.12. The average molecular weight is 122 g/mol. The summed E-state index contributed by atoms with van der Waals surface area (Å²) in [6.07, 6.45) is 9.15. The minimum absolute atomic E-state index is 0.404. The van der Waals surface area contributed by atoms with Crippen LogP contribution >= 0.6 is 0 Å². The van der Waals surface area contributed by atoms with Gasteiger partial charge in [0.15, 0.2) is 0 Å². The van der Waals surface area contributed by atoms with Crippen molar-refractivity contribution in [1.82, 2.24) is 0 Å². The Labute approximate surface area is 54.5 Å². The molecule has 1 aliphatic carbocycles. The second-order valence-electron chi connectivity index (χ2n) is 1.96. The molecule has 0 fully saturated rings. The Morgan fingerprint density at radius 2 is 2.11 bits per heavy atom. The van der Waals surface area contributed by atoms with Gasteiger partial charge in [-0.3, -0.25) is 0 Å². The largest absolute Gasteiger partial charge is 0.405 e. The molecule has 0 saturated carbocycles. The smallest absolute Gasteiger partial charge is 0.0365 e. The van der Waals surface area contributed by atoms with Gasteiger partial charge < -0.3 is 11.5 Å². The van der Waals surface area contributed by atoms with Crippen LogP contribution in [0.4, 0.5) is 0 Å². The van der Waals surface area contributed by atoms with Crippen molar-refractivity contribution in [3.05, 3.63) is 36.2 Å². The summed E-state index contributed by atoms with van der Waals surface area (Å²) in [5, 5.41) is 0. The summed E-state index contributed by atoms with van der Waals surface area (Å²) in [6, 6.07) is 0. The summed E-state index contributed by atoms with van der Waals surface area (Å²) in [5.74, 6) is 0.404. The molecule has 1 aliphatic rings. The molecule has 0 aromatic carbocycles. The van der Waals surface area contributed by atoms with E-state index in [4.69, 9.17) is 11.5 Å². The monoisotopic (exact) mass is 122 g/mol. The van der Waals surface area contributed by atoms with Gasteiger partial charge in [0.1, 0.15) is 0 Å². The van der Waals surface area contributed by atoms with Crippen LogP contribution < -0.4 is 11.5 Å². The highest BCUT2D eigenvalue weighted by Crippen LogP contribution is 2.23. The van der Waals surface area contributed by atoms with E-state index in [9.17, 15) is 0 Å². The Bertz CT molecular complexity index is 177. The summed E-state index contributed by atoms with van der Waals surface area (Å²) in [6.45, 7) is 0. The first-order valence-electron chi connectivity index (χ1n) is 2.87. The van der Waals surface area contributed by atoms with Gasteiger partial charge in [0, 0.05) is 11.6 Å². The molecule has 0 heterocycles. The van der Waals surface area contributed by atoms with Gasteiger partial charge in [0.25, 0.3) is 0 Å². The topological polar surface area (TPSA) is 52.0 Å². The van der Waals surface area contributed by atoms with Crippen molar-refractivity contribution >= 4 is 0 Å². The standard InChI is InChI=1S/C7H10N2/c8-4-2-1-3-6-5-7(6)9/h1-6H,8-9H2. The lowest BCUT2D eigenvalue weighted by Crippen LogP contribution is -1.85. The van der Waals surface area contributed by atoms with Crippen LogP contribution in [0.3, 0.4) is 0 Å². The van der Waals surface area contributed by atoms with Crippen LogP contribution in [-0.4, -0.2) is 0 Å². The molecule has 1 unspecified atom stereocenters. The molecular weight excluding hydrogens is 112 g/mol. The molecule has 0 aromatic rings. The fourth-order valence-corrected chi connectivity index (χ4v) is 0.574. The fraction of sp³-hybridized carbons (Fsp3) is 0.143. The zero-order chi connectivity index (χ0) is 6.69.